The van der Waals surface area contributed by atoms with Crippen LogP contribution in [0.3, 0.4) is 0 Å². The predicted octanol–water partition coefficient (Wildman–Crippen LogP) is 1.82. The van der Waals surface area contributed by atoms with Crippen molar-refractivity contribution >= 4 is 5.91 Å². The monoisotopic (exact) mass is 317 g/mol. The van der Waals surface area contributed by atoms with E-state index in [9.17, 15) is 4.79 Å². The maximum absolute atomic E-state index is 12.4. The summed E-state index contributed by atoms with van der Waals surface area (Å²) in [6, 6.07) is 1.60. The number of hydrogen-bond acceptors (Lipinski definition) is 5. The van der Waals surface area contributed by atoms with Gasteiger partial charge in [-0.3, -0.25) is 9.78 Å². The molecule has 0 saturated heterocycles. The third-order valence-electron chi connectivity index (χ3n) is 3.73. The van der Waals surface area contributed by atoms with Crippen molar-refractivity contribution in [1.29, 1.82) is 0 Å². The van der Waals surface area contributed by atoms with Crippen LogP contribution in [0.15, 0.2) is 18.6 Å². The summed E-state index contributed by atoms with van der Waals surface area (Å²) in [5.74, 6) is 0.561. The topological polar surface area (TPSA) is 81.9 Å². The summed E-state index contributed by atoms with van der Waals surface area (Å²) in [6.45, 7) is 7.18. The van der Waals surface area contributed by atoms with Gasteiger partial charge in [0, 0.05) is 32.2 Å². The molecule has 0 aliphatic carbocycles. The molecule has 2 aromatic rings. The van der Waals surface area contributed by atoms with Crippen LogP contribution in [0.5, 0.6) is 0 Å². The molecule has 0 saturated carbocycles. The molecule has 23 heavy (non-hydrogen) atoms. The van der Waals surface area contributed by atoms with Crippen LogP contribution in [0.4, 0.5) is 0 Å². The average Bonchev–Trinajstić information content (AvgIpc) is 2.98. The van der Waals surface area contributed by atoms with Gasteiger partial charge in [-0.15, -0.1) is 10.2 Å². The zero-order valence-electron chi connectivity index (χ0n) is 14.0. The zero-order valence-corrected chi connectivity index (χ0v) is 14.0. The second-order valence-electron chi connectivity index (χ2n) is 5.55. The highest BCUT2D eigenvalue weighted by Crippen LogP contribution is 2.12. The molecule has 1 N–H and O–H groups in total. The van der Waals surface area contributed by atoms with Crippen LogP contribution >= 0.6 is 0 Å². The number of aryl methyl sites for hydroxylation is 3. The van der Waals surface area contributed by atoms with E-state index in [1.54, 1.807) is 19.6 Å². The van der Waals surface area contributed by atoms with Gasteiger partial charge in [0.15, 0.2) is 5.82 Å². The Morgan fingerprint density at radius 1 is 1.43 bits per heavy atom. The minimum atomic E-state index is -0.242. The second-order valence-corrected chi connectivity index (χ2v) is 5.55. The van der Waals surface area contributed by atoms with E-state index in [1.807, 2.05) is 31.4 Å². The third-order valence-corrected chi connectivity index (χ3v) is 3.73. The Morgan fingerprint density at radius 3 is 2.91 bits per heavy atom. The van der Waals surface area contributed by atoms with Gasteiger partial charge in [0.2, 0.25) is 0 Å². The van der Waals surface area contributed by atoms with Gasteiger partial charge in [0.25, 0.3) is 5.91 Å². The van der Waals surface area contributed by atoms with Crippen LogP contribution in [0, 0.1) is 13.8 Å². The molecule has 0 fully saturated rings. The number of methoxy groups -OCH3 is 1. The molecule has 1 amide bonds. The molecule has 0 spiro atoms. The first-order valence-electron chi connectivity index (χ1n) is 7.63. The number of carbonyl (C=O) groups excluding carboxylic acids is 1. The van der Waals surface area contributed by atoms with E-state index >= 15 is 0 Å². The normalized spacial score (nSPS) is 12.2. The summed E-state index contributed by atoms with van der Waals surface area (Å²) in [7, 11) is 1.67. The lowest BCUT2D eigenvalue weighted by Gasteiger charge is -2.15. The number of carbonyl (C=O) groups is 1. The Balaban J connectivity index is 2.03. The molecular formula is C16H23N5O2. The average molecular weight is 317 g/mol. The summed E-state index contributed by atoms with van der Waals surface area (Å²) in [6.07, 6.45) is 4.13. The molecular weight excluding hydrogens is 294 g/mol. The Bertz CT molecular complexity index is 668. The number of nitrogens with one attached hydrogen (secondary N) is 1. The van der Waals surface area contributed by atoms with Crippen molar-refractivity contribution in [3.63, 3.8) is 0 Å². The predicted molar refractivity (Wildman–Crippen MR) is 86.1 cm³/mol. The second kappa shape index (κ2) is 7.82. The Morgan fingerprint density at radius 2 is 2.22 bits per heavy atom. The van der Waals surface area contributed by atoms with Crippen molar-refractivity contribution in [3.8, 4) is 0 Å². The van der Waals surface area contributed by atoms with Crippen molar-refractivity contribution in [2.24, 2.45) is 0 Å². The van der Waals surface area contributed by atoms with Gasteiger partial charge in [-0.1, -0.05) is 0 Å². The van der Waals surface area contributed by atoms with Gasteiger partial charge in [-0.25, -0.2) is 0 Å². The molecule has 0 aliphatic heterocycles. The van der Waals surface area contributed by atoms with E-state index in [1.165, 1.54) is 0 Å². The highest BCUT2D eigenvalue weighted by molar-refractivity contribution is 5.94. The van der Waals surface area contributed by atoms with Gasteiger partial charge in [-0.05, 0) is 38.8 Å². The number of pyridine rings is 1. The molecule has 7 nitrogen and oxygen atoms in total. The largest absolute Gasteiger partial charge is 0.385 e. The minimum absolute atomic E-state index is 0.167. The zero-order chi connectivity index (χ0) is 16.8. The Hall–Kier alpha value is -2.28. The molecule has 2 heterocycles. The first kappa shape index (κ1) is 17.1. The van der Waals surface area contributed by atoms with Gasteiger partial charge in [0.1, 0.15) is 6.33 Å². The van der Waals surface area contributed by atoms with Crippen LogP contribution in [-0.2, 0) is 11.3 Å². The summed E-state index contributed by atoms with van der Waals surface area (Å²) in [5.41, 5.74) is 2.46. The fourth-order valence-electron chi connectivity index (χ4n) is 2.26. The van der Waals surface area contributed by atoms with E-state index < -0.39 is 0 Å². The quantitative estimate of drug-likeness (QED) is 0.788. The number of ether oxygens (including phenoxy) is 1. The van der Waals surface area contributed by atoms with E-state index in [4.69, 9.17) is 4.74 Å². The van der Waals surface area contributed by atoms with Crippen molar-refractivity contribution in [1.82, 2.24) is 25.1 Å². The lowest BCUT2D eigenvalue weighted by Crippen LogP contribution is -2.29. The van der Waals surface area contributed by atoms with Crippen LogP contribution in [-0.4, -0.2) is 39.4 Å². The van der Waals surface area contributed by atoms with Crippen molar-refractivity contribution in [2.45, 2.75) is 39.8 Å². The summed E-state index contributed by atoms with van der Waals surface area (Å²) in [4.78, 5) is 16.6. The molecule has 124 valence electrons. The highest BCUT2D eigenvalue weighted by Gasteiger charge is 2.17. The van der Waals surface area contributed by atoms with Crippen molar-refractivity contribution in [3.05, 3.63) is 41.2 Å². The first-order chi connectivity index (χ1) is 11.0. The molecule has 0 radical (unpaired) electrons. The lowest BCUT2D eigenvalue weighted by atomic mass is 10.1. The lowest BCUT2D eigenvalue weighted by molar-refractivity contribution is 0.0937. The number of aromatic nitrogens is 4. The molecule has 7 heteroatoms. The Labute approximate surface area is 136 Å². The van der Waals surface area contributed by atoms with Crippen molar-refractivity contribution in [2.75, 3.05) is 13.7 Å². The number of rotatable bonds is 7. The highest BCUT2D eigenvalue weighted by atomic mass is 16.5. The Kier molecular flexibility index (Phi) is 5.81. The molecule has 1 atom stereocenters. The maximum atomic E-state index is 12.4. The van der Waals surface area contributed by atoms with Crippen molar-refractivity contribution < 1.29 is 9.53 Å². The van der Waals surface area contributed by atoms with Gasteiger partial charge < -0.3 is 14.6 Å². The van der Waals surface area contributed by atoms with E-state index in [2.05, 4.69) is 20.5 Å². The van der Waals surface area contributed by atoms with E-state index in [0.29, 0.717) is 12.2 Å². The summed E-state index contributed by atoms with van der Waals surface area (Å²) < 4.78 is 6.99. The molecule has 0 aromatic carbocycles. The summed E-state index contributed by atoms with van der Waals surface area (Å²) in [5, 5.41) is 11.0. The number of amides is 1. The van der Waals surface area contributed by atoms with Crippen LogP contribution in [0.1, 0.15) is 46.8 Å². The molecule has 0 aliphatic rings. The van der Waals surface area contributed by atoms with Gasteiger partial charge >= 0.3 is 0 Å². The smallest absolute Gasteiger partial charge is 0.253 e. The van der Waals surface area contributed by atoms with Crippen LogP contribution < -0.4 is 5.32 Å². The van der Waals surface area contributed by atoms with E-state index in [0.717, 1.165) is 30.0 Å². The van der Waals surface area contributed by atoms with Crippen LogP contribution in [0.2, 0.25) is 0 Å². The third kappa shape index (κ3) is 4.35. The fraction of sp³-hybridized carbons (Fsp3) is 0.500. The first-order valence-corrected chi connectivity index (χ1v) is 7.63. The van der Waals surface area contributed by atoms with Gasteiger partial charge in [0.05, 0.1) is 11.6 Å². The summed E-state index contributed by atoms with van der Waals surface area (Å²) >= 11 is 0. The molecule has 2 aromatic heterocycles. The van der Waals surface area contributed by atoms with Crippen LogP contribution in [0.25, 0.3) is 0 Å². The molecule has 2 rings (SSSR count). The maximum Gasteiger partial charge on any atom is 0.253 e. The SMILES string of the molecule is COCCCn1cnnc1C(C)NC(=O)c1cnc(C)c(C)c1. The van der Waals surface area contributed by atoms with E-state index in [-0.39, 0.29) is 11.9 Å². The van der Waals surface area contributed by atoms with Gasteiger partial charge in [-0.2, -0.15) is 0 Å². The number of nitrogens with zero attached hydrogens (tertiary/aromatic N) is 4. The minimum Gasteiger partial charge on any atom is -0.385 e. The molecule has 0 bridgehead atoms. The standard InChI is InChI=1S/C16H23N5O2/c1-11-8-14(9-17-12(11)2)16(22)19-13(3)15-20-18-10-21(15)6-5-7-23-4/h8-10,13H,5-7H2,1-4H3,(H,19,22). The fourth-order valence-corrected chi connectivity index (χ4v) is 2.26. The molecule has 1 unspecified atom stereocenters. The number of hydrogen-bond donors (Lipinski definition) is 1.